The number of hydrogen-bond acceptors (Lipinski definition) is 5. The number of esters is 1. The number of ether oxygens (including phenoxy) is 1. The van der Waals surface area contributed by atoms with Crippen molar-refractivity contribution in [1.82, 2.24) is 0 Å². The summed E-state index contributed by atoms with van der Waals surface area (Å²) < 4.78 is 34.2. The maximum absolute atomic E-state index is 12.2. The highest BCUT2D eigenvalue weighted by molar-refractivity contribution is 7.99. The summed E-state index contributed by atoms with van der Waals surface area (Å²) in [5, 5.41) is 2.49. The number of rotatable bonds is 7. The molecule has 0 saturated heterocycles. The summed E-state index contributed by atoms with van der Waals surface area (Å²) in [7, 11) is 0. The van der Waals surface area contributed by atoms with Crippen molar-refractivity contribution in [2.75, 3.05) is 11.9 Å². The Morgan fingerprint density at radius 3 is 2.62 bits per heavy atom. The third kappa shape index (κ3) is 6.25. The van der Waals surface area contributed by atoms with Crippen molar-refractivity contribution in [2.45, 2.75) is 10.7 Å². The second-order valence-corrected chi connectivity index (χ2v) is 5.47. The zero-order chi connectivity index (χ0) is 17.4. The highest BCUT2D eigenvalue weighted by Gasteiger charge is 2.08. The number of anilines is 1. The van der Waals surface area contributed by atoms with Gasteiger partial charge in [-0.05, 0) is 42.5 Å². The summed E-state index contributed by atoms with van der Waals surface area (Å²) in [5.41, 5.74) is 0.417. The number of amides is 1. The molecular formula is C16H13F2NO4S. The summed E-state index contributed by atoms with van der Waals surface area (Å²) in [6.07, 6.45) is 4.02. The number of thioether (sulfide) groups is 1. The van der Waals surface area contributed by atoms with Crippen LogP contribution in [-0.4, -0.2) is 24.2 Å². The number of halogens is 2. The molecule has 0 atom stereocenters. The van der Waals surface area contributed by atoms with Gasteiger partial charge >= 0.3 is 5.97 Å². The number of nitrogens with one attached hydrogen (secondary N) is 1. The highest BCUT2D eigenvalue weighted by atomic mass is 32.2. The van der Waals surface area contributed by atoms with Gasteiger partial charge < -0.3 is 14.5 Å². The van der Waals surface area contributed by atoms with Gasteiger partial charge in [0.25, 0.3) is 11.7 Å². The van der Waals surface area contributed by atoms with Crippen LogP contribution in [0.4, 0.5) is 14.5 Å². The van der Waals surface area contributed by atoms with Crippen LogP contribution in [0.2, 0.25) is 0 Å². The molecule has 1 aromatic carbocycles. The minimum absolute atomic E-state index is 0.387. The Hall–Kier alpha value is -2.61. The first-order valence-corrected chi connectivity index (χ1v) is 7.64. The fourth-order valence-electron chi connectivity index (χ4n) is 1.64. The Bertz CT molecular complexity index is 699. The first-order valence-electron chi connectivity index (χ1n) is 6.76. The fraction of sp³-hybridized carbons (Fsp3) is 0.125. The lowest BCUT2D eigenvalue weighted by Crippen LogP contribution is -2.20. The first kappa shape index (κ1) is 17.7. The maximum Gasteiger partial charge on any atom is 0.331 e. The summed E-state index contributed by atoms with van der Waals surface area (Å²) in [4.78, 5) is 23.5. The predicted octanol–water partition coefficient (Wildman–Crippen LogP) is 3.79. The van der Waals surface area contributed by atoms with E-state index in [-0.39, 0.29) is 0 Å². The summed E-state index contributed by atoms with van der Waals surface area (Å²) in [6.45, 7) is -0.463. The molecule has 126 valence electrons. The average molecular weight is 353 g/mol. The normalized spacial score (nSPS) is 11.0. The Balaban J connectivity index is 1.75. The number of furan rings is 1. The average Bonchev–Trinajstić information content (AvgIpc) is 3.06. The molecule has 24 heavy (non-hydrogen) atoms. The summed E-state index contributed by atoms with van der Waals surface area (Å²) >= 11 is 0.414. The van der Waals surface area contributed by atoms with Gasteiger partial charge in [-0.25, -0.2) is 4.79 Å². The van der Waals surface area contributed by atoms with Crippen LogP contribution in [0.5, 0.6) is 0 Å². The van der Waals surface area contributed by atoms with Crippen molar-refractivity contribution < 1.29 is 27.5 Å². The molecule has 1 N–H and O–H groups in total. The zero-order valence-electron chi connectivity index (χ0n) is 12.3. The van der Waals surface area contributed by atoms with Gasteiger partial charge in [0, 0.05) is 16.7 Å². The maximum atomic E-state index is 12.2. The van der Waals surface area contributed by atoms with Crippen LogP contribution in [0.1, 0.15) is 5.76 Å². The molecule has 1 heterocycles. The summed E-state index contributed by atoms with van der Waals surface area (Å²) in [5.74, 6) is -3.24. The molecule has 5 nitrogen and oxygen atoms in total. The highest BCUT2D eigenvalue weighted by Crippen LogP contribution is 2.26. The van der Waals surface area contributed by atoms with E-state index in [0.29, 0.717) is 28.1 Å². The van der Waals surface area contributed by atoms with Crippen LogP contribution in [0.3, 0.4) is 0 Å². The van der Waals surface area contributed by atoms with E-state index in [1.165, 1.54) is 36.6 Å². The van der Waals surface area contributed by atoms with E-state index in [4.69, 9.17) is 9.15 Å². The Kier molecular flexibility index (Phi) is 6.56. The first-order chi connectivity index (χ1) is 11.5. The molecule has 0 bridgehead atoms. The molecule has 2 rings (SSSR count). The van der Waals surface area contributed by atoms with Gasteiger partial charge in [0.1, 0.15) is 5.76 Å². The van der Waals surface area contributed by atoms with Crippen molar-refractivity contribution in [3.63, 3.8) is 0 Å². The largest absolute Gasteiger partial charge is 0.465 e. The van der Waals surface area contributed by atoms with Crippen molar-refractivity contribution in [3.05, 3.63) is 54.5 Å². The number of hydrogen-bond donors (Lipinski definition) is 1. The lowest BCUT2D eigenvalue weighted by Gasteiger charge is -2.06. The van der Waals surface area contributed by atoms with E-state index >= 15 is 0 Å². The number of alkyl halides is 2. The van der Waals surface area contributed by atoms with Gasteiger partial charge in [0.15, 0.2) is 6.61 Å². The molecule has 0 aliphatic heterocycles. The van der Waals surface area contributed by atoms with Gasteiger partial charge in [-0.15, -0.1) is 0 Å². The molecular weight excluding hydrogens is 340 g/mol. The Labute approximate surface area is 140 Å². The topological polar surface area (TPSA) is 68.5 Å². The third-order valence-corrected chi connectivity index (χ3v) is 3.36. The van der Waals surface area contributed by atoms with Crippen LogP contribution in [0, 0.1) is 0 Å². The van der Waals surface area contributed by atoms with E-state index in [1.54, 1.807) is 12.1 Å². The zero-order valence-corrected chi connectivity index (χ0v) is 13.1. The van der Waals surface area contributed by atoms with Crippen molar-refractivity contribution in [2.24, 2.45) is 0 Å². The van der Waals surface area contributed by atoms with Crippen LogP contribution in [0.25, 0.3) is 6.08 Å². The monoisotopic (exact) mass is 353 g/mol. The molecule has 0 spiro atoms. The van der Waals surface area contributed by atoms with Crippen molar-refractivity contribution in [3.8, 4) is 0 Å². The smallest absolute Gasteiger partial charge is 0.331 e. The van der Waals surface area contributed by atoms with E-state index in [2.05, 4.69) is 5.32 Å². The molecule has 0 saturated carbocycles. The Morgan fingerprint density at radius 2 is 2.00 bits per heavy atom. The SMILES string of the molecule is O=C(COC(=O)/C=C/c1ccco1)Nc1ccc(SC(F)F)cc1. The van der Waals surface area contributed by atoms with Gasteiger partial charge in [-0.2, -0.15) is 8.78 Å². The standard InChI is InChI=1S/C16H13F2NO4S/c17-16(18)24-13-6-3-11(4-7-13)19-14(20)10-23-15(21)8-5-12-2-1-9-22-12/h1-9,16H,10H2,(H,19,20)/b8-5+. The second kappa shape index (κ2) is 8.88. The fourth-order valence-corrected chi connectivity index (χ4v) is 2.14. The second-order valence-electron chi connectivity index (χ2n) is 4.41. The molecule has 1 aromatic heterocycles. The van der Waals surface area contributed by atoms with Gasteiger partial charge in [-0.1, -0.05) is 11.8 Å². The van der Waals surface area contributed by atoms with E-state index in [0.717, 1.165) is 6.08 Å². The summed E-state index contributed by atoms with van der Waals surface area (Å²) in [6, 6.07) is 9.23. The van der Waals surface area contributed by atoms with Gasteiger partial charge in [-0.3, -0.25) is 4.79 Å². The third-order valence-electron chi connectivity index (χ3n) is 2.64. The molecule has 0 aliphatic carbocycles. The van der Waals surface area contributed by atoms with E-state index < -0.39 is 24.2 Å². The quantitative estimate of drug-likeness (QED) is 0.466. The van der Waals surface area contributed by atoms with Crippen LogP contribution >= 0.6 is 11.8 Å². The van der Waals surface area contributed by atoms with E-state index in [1.807, 2.05) is 0 Å². The number of carbonyl (C=O) groups excluding carboxylic acids is 2. The van der Waals surface area contributed by atoms with Crippen molar-refractivity contribution in [1.29, 1.82) is 0 Å². The Morgan fingerprint density at radius 1 is 1.25 bits per heavy atom. The van der Waals surface area contributed by atoms with Crippen molar-refractivity contribution >= 4 is 35.4 Å². The molecule has 0 unspecified atom stereocenters. The molecule has 1 amide bonds. The number of carbonyl (C=O) groups is 2. The number of benzene rings is 1. The van der Waals surface area contributed by atoms with Crippen LogP contribution in [-0.2, 0) is 14.3 Å². The molecule has 0 aliphatic rings. The predicted molar refractivity (Wildman–Crippen MR) is 85.6 cm³/mol. The lowest BCUT2D eigenvalue weighted by atomic mass is 10.3. The van der Waals surface area contributed by atoms with E-state index in [9.17, 15) is 18.4 Å². The molecule has 0 radical (unpaired) electrons. The van der Waals surface area contributed by atoms with Crippen LogP contribution in [0.15, 0.2) is 58.1 Å². The molecule has 2 aromatic rings. The van der Waals surface area contributed by atoms with Gasteiger partial charge in [0.2, 0.25) is 0 Å². The minimum Gasteiger partial charge on any atom is -0.465 e. The lowest BCUT2D eigenvalue weighted by molar-refractivity contribution is -0.142. The van der Waals surface area contributed by atoms with Gasteiger partial charge in [0.05, 0.1) is 6.26 Å². The minimum atomic E-state index is -2.50. The molecule has 0 fully saturated rings. The van der Waals surface area contributed by atoms with Crippen LogP contribution < -0.4 is 5.32 Å². The molecule has 8 heteroatoms.